The lowest BCUT2D eigenvalue weighted by molar-refractivity contribution is 0.529. The van der Waals surface area contributed by atoms with Crippen molar-refractivity contribution in [1.82, 2.24) is 19.5 Å². The van der Waals surface area contributed by atoms with Gasteiger partial charge in [-0.15, -0.1) is 0 Å². The number of benzene rings is 2. The van der Waals surface area contributed by atoms with Gasteiger partial charge in [-0.2, -0.15) is 9.97 Å². The van der Waals surface area contributed by atoms with E-state index in [1.165, 1.54) is 42.0 Å². The Morgan fingerprint density at radius 3 is 2.74 bits per heavy atom. The predicted molar refractivity (Wildman–Crippen MR) is 109 cm³/mol. The van der Waals surface area contributed by atoms with E-state index in [4.69, 9.17) is 11.6 Å². The van der Waals surface area contributed by atoms with Crippen molar-refractivity contribution in [2.75, 3.05) is 5.32 Å². The summed E-state index contributed by atoms with van der Waals surface area (Å²) in [5.41, 5.74) is 2.82. The number of rotatable bonds is 4. The van der Waals surface area contributed by atoms with Crippen LogP contribution in [0.3, 0.4) is 0 Å². The molecule has 0 aliphatic heterocycles. The summed E-state index contributed by atoms with van der Waals surface area (Å²) in [6, 6.07) is 15.2. The maximum absolute atomic E-state index is 6.23. The fraction of sp³-hybridized carbons (Fsp3) is 0.286. The molecule has 0 amide bonds. The third-order valence-electron chi connectivity index (χ3n) is 5.44. The van der Waals surface area contributed by atoms with Crippen molar-refractivity contribution < 1.29 is 0 Å². The van der Waals surface area contributed by atoms with E-state index < -0.39 is 0 Å². The molecule has 0 saturated heterocycles. The van der Waals surface area contributed by atoms with Gasteiger partial charge < -0.3 is 9.88 Å². The molecule has 6 heteroatoms. The quantitative estimate of drug-likeness (QED) is 0.486. The molecule has 1 N–H and O–H groups in total. The van der Waals surface area contributed by atoms with Gasteiger partial charge in [-0.1, -0.05) is 55.3 Å². The second-order valence-electron chi connectivity index (χ2n) is 7.10. The van der Waals surface area contributed by atoms with Crippen molar-refractivity contribution in [3.8, 4) is 0 Å². The van der Waals surface area contributed by atoms with Crippen LogP contribution in [0.5, 0.6) is 0 Å². The Kier molecular flexibility index (Phi) is 4.17. The molecule has 4 aromatic rings. The van der Waals surface area contributed by atoms with E-state index in [0.29, 0.717) is 18.4 Å². The van der Waals surface area contributed by atoms with Crippen LogP contribution in [-0.2, 0) is 6.54 Å². The summed E-state index contributed by atoms with van der Waals surface area (Å²) in [7, 11) is 0. The summed E-state index contributed by atoms with van der Waals surface area (Å²) in [5.74, 6) is 0.690. The molecule has 27 heavy (non-hydrogen) atoms. The molecule has 0 spiro atoms. The van der Waals surface area contributed by atoms with Crippen molar-refractivity contribution in [3.05, 3.63) is 59.6 Å². The molecule has 0 atom stereocenters. The Morgan fingerprint density at radius 2 is 1.85 bits per heavy atom. The van der Waals surface area contributed by atoms with Crippen LogP contribution in [0.2, 0.25) is 5.28 Å². The summed E-state index contributed by atoms with van der Waals surface area (Å²) in [6.07, 6.45) is 6.75. The normalized spacial score (nSPS) is 15.0. The third-order valence-corrected chi connectivity index (χ3v) is 5.61. The first-order valence-corrected chi connectivity index (χ1v) is 9.78. The second kappa shape index (κ2) is 6.82. The minimum atomic E-state index is 0.252. The molecule has 0 radical (unpaired) electrons. The van der Waals surface area contributed by atoms with Crippen LogP contribution < -0.4 is 5.32 Å². The fourth-order valence-corrected chi connectivity index (χ4v) is 4.25. The molecule has 0 unspecified atom stereocenters. The van der Waals surface area contributed by atoms with E-state index in [1.807, 2.05) is 6.33 Å². The van der Waals surface area contributed by atoms with Gasteiger partial charge in [-0.25, -0.2) is 4.98 Å². The molecule has 136 valence electrons. The molecule has 1 fully saturated rings. The summed E-state index contributed by atoms with van der Waals surface area (Å²) < 4.78 is 2.17. The standard InChI is InChI=1S/C21H20ClN5/c22-21-25-19(18-20(26-21)27(13-24-18)16-9-2-3-10-16)23-12-15-8-5-7-14-6-1-4-11-17(14)15/h1,4-8,11,13,16H,2-3,9-10,12H2,(H,23,25,26). The van der Waals surface area contributed by atoms with Crippen molar-refractivity contribution in [2.45, 2.75) is 38.3 Å². The number of fused-ring (bicyclic) bond motifs is 2. The van der Waals surface area contributed by atoms with Crippen molar-refractivity contribution in [1.29, 1.82) is 0 Å². The molecule has 0 bridgehead atoms. The zero-order valence-corrected chi connectivity index (χ0v) is 15.7. The molecular weight excluding hydrogens is 358 g/mol. The third kappa shape index (κ3) is 3.02. The molecule has 2 heterocycles. The van der Waals surface area contributed by atoms with Gasteiger partial charge in [0, 0.05) is 12.6 Å². The minimum absolute atomic E-state index is 0.252. The van der Waals surface area contributed by atoms with E-state index in [9.17, 15) is 0 Å². The van der Waals surface area contributed by atoms with Crippen LogP contribution >= 0.6 is 11.6 Å². The largest absolute Gasteiger partial charge is 0.364 e. The lowest BCUT2D eigenvalue weighted by Gasteiger charge is -2.12. The number of imidazole rings is 1. The first kappa shape index (κ1) is 16.5. The Labute approximate surface area is 162 Å². The van der Waals surface area contributed by atoms with Gasteiger partial charge in [-0.05, 0) is 40.8 Å². The van der Waals surface area contributed by atoms with E-state index in [2.05, 4.69) is 67.3 Å². The van der Waals surface area contributed by atoms with Gasteiger partial charge >= 0.3 is 0 Å². The highest BCUT2D eigenvalue weighted by Crippen LogP contribution is 2.33. The average molecular weight is 378 g/mol. The Morgan fingerprint density at radius 1 is 1.04 bits per heavy atom. The number of hydrogen-bond acceptors (Lipinski definition) is 4. The van der Waals surface area contributed by atoms with Crippen molar-refractivity contribution in [3.63, 3.8) is 0 Å². The molecule has 5 rings (SSSR count). The zero-order valence-electron chi connectivity index (χ0n) is 14.9. The summed E-state index contributed by atoms with van der Waals surface area (Å²) in [6.45, 7) is 0.653. The van der Waals surface area contributed by atoms with Gasteiger partial charge in [0.2, 0.25) is 5.28 Å². The molecular formula is C21H20ClN5. The van der Waals surface area contributed by atoms with E-state index >= 15 is 0 Å². The van der Waals surface area contributed by atoms with Crippen LogP contribution in [-0.4, -0.2) is 19.5 Å². The minimum Gasteiger partial charge on any atom is -0.364 e. The molecule has 5 nitrogen and oxygen atoms in total. The lowest BCUT2D eigenvalue weighted by atomic mass is 10.0. The number of anilines is 1. The number of hydrogen-bond donors (Lipinski definition) is 1. The lowest BCUT2D eigenvalue weighted by Crippen LogP contribution is -2.06. The van der Waals surface area contributed by atoms with Gasteiger partial charge in [0.25, 0.3) is 0 Å². The second-order valence-corrected chi connectivity index (χ2v) is 7.43. The van der Waals surface area contributed by atoms with Crippen molar-refractivity contribution >= 4 is 39.4 Å². The van der Waals surface area contributed by atoms with Gasteiger partial charge in [0.1, 0.15) is 0 Å². The van der Waals surface area contributed by atoms with E-state index in [0.717, 1.165) is 11.2 Å². The zero-order chi connectivity index (χ0) is 18.2. The van der Waals surface area contributed by atoms with Crippen molar-refractivity contribution in [2.24, 2.45) is 0 Å². The molecule has 1 aliphatic carbocycles. The van der Waals surface area contributed by atoms with Gasteiger partial charge in [0.15, 0.2) is 17.0 Å². The molecule has 1 aliphatic rings. The highest BCUT2D eigenvalue weighted by atomic mass is 35.5. The van der Waals surface area contributed by atoms with E-state index in [-0.39, 0.29) is 5.28 Å². The van der Waals surface area contributed by atoms with Crippen LogP contribution in [0.25, 0.3) is 21.9 Å². The van der Waals surface area contributed by atoms with Crippen LogP contribution in [0, 0.1) is 0 Å². The Bertz CT molecular complexity index is 1110. The van der Waals surface area contributed by atoms with Gasteiger partial charge in [0.05, 0.1) is 6.33 Å². The number of nitrogens with zero attached hydrogens (tertiary/aromatic N) is 4. The number of nitrogens with one attached hydrogen (secondary N) is 1. The first-order valence-electron chi connectivity index (χ1n) is 9.40. The number of halogens is 1. The average Bonchev–Trinajstić information content (AvgIpc) is 3.35. The predicted octanol–water partition coefficient (Wildman–Crippen LogP) is 5.36. The highest BCUT2D eigenvalue weighted by Gasteiger charge is 2.21. The highest BCUT2D eigenvalue weighted by molar-refractivity contribution is 6.28. The number of aromatic nitrogens is 4. The SMILES string of the molecule is Clc1nc(NCc2cccc3ccccc23)c2ncn(C3CCCC3)c2n1. The smallest absolute Gasteiger partial charge is 0.226 e. The summed E-state index contributed by atoms with van der Waals surface area (Å²) in [5, 5.41) is 6.15. The van der Waals surface area contributed by atoms with Crippen LogP contribution in [0.1, 0.15) is 37.3 Å². The summed E-state index contributed by atoms with van der Waals surface area (Å²) >= 11 is 6.23. The maximum Gasteiger partial charge on any atom is 0.226 e. The van der Waals surface area contributed by atoms with Crippen LogP contribution in [0.4, 0.5) is 5.82 Å². The molecule has 2 aromatic carbocycles. The molecule has 1 saturated carbocycles. The van der Waals surface area contributed by atoms with Crippen LogP contribution in [0.15, 0.2) is 48.8 Å². The monoisotopic (exact) mass is 377 g/mol. The first-order chi connectivity index (χ1) is 13.3. The Balaban J connectivity index is 1.49. The van der Waals surface area contributed by atoms with E-state index in [1.54, 1.807) is 0 Å². The summed E-state index contributed by atoms with van der Waals surface area (Å²) in [4.78, 5) is 13.5. The Hall–Kier alpha value is -2.66. The fourth-order valence-electron chi connectivity index (χ4n) is 4.09. The maximum atomic E-state index is 6.23. The molecule has 2 aromatic heterocycles. The van der Waals surface area contributed by atoms with Gasteiger partial charge in [-0.3, -0.25) is 0 Å². The topological polar surface area (TPSA) is 55.6 Å².